The number of ether oxygens (including phenoxy) is 2. The first-order chi connectivity index (χ1) is 11.6. The molecule has 0 aromatic carbocycles. The van der Waals surface area contributed by atoms with E-state index in [1.807, 2.05) is 11.8 Å². The fourth-order valence-electron chi connectivity index (χ4n) is 2.32. The number of carbonyl (C=O) groups excluding carboxylic acids is 2. The van der Waals surface area contributed by atoms with Crippen LogP contribution in [0.25, 0.3) is 0 Å². The average Bonchev–Trinajstić information content (AvgIpc) is 2.61. The van der Waals surface area contributed by atoms with E-state index in [1.165, 1.54) is 13.3 Å². The summed E-state index contributed by atoms with van der Waals surface area (Å²) in [5.41, 5.74) is 0.158. The summed E-state index contributed by atoms with van der Waals surface area (Å²) < 4.78 is 10.4. The van der Waals surface area contributed by atoms with E-state index < -0.39 is 5.97 Å². The molecule has 0 unspecified atom stereocenters. The number of halogens is 1. The third-order valence-electron chi connectivity index (χ3n) is 3.66. The lowest BCUT2D eigenvalue weighted by Crippen LogP contribution is -2.49. The molecule has 0 bridgehead atoms. The Balaban J connectivity index is 2.00. The van der Waals surface area contributed by atoms with Gasteiger partial charge in [0.15, 0.2) is 11.5 Å². The largest absolute Gasteiger partial charge is 0.464 e. The molecule has 0 N–H and O–H groups in total. The lowest BCUT2D eigenvalue weighted by molar-refractivity contribution is 0.0593. The zero-order valence-corrected chi connectivity index (χ0v) is 15.4. The van der Waals surface area contributed by atoms with E-state index in [-0.39, 0.29) is 11.8 Å². The highest BCUT2D eigenvalue weighted by Crippen LogP contribution is 2.21. The van der Waals surface area contributed by atoms with E-state index in [1.54, 1.807) is 4.90 Å². The van der Waals surface area contributed by atoms with Gasteiger partial charge in [-0.3, -0.25) is 0 Å². The molecule has 1 aliphatic rings. The Labute approximate surface area is 149 Å². The maximum atomic E-state index is 12.0. The van der Waals surface area contributed by atoms with E-state index in [4.69, 9.17) is 9.47 Å². The summed E-state index contributed by atoms with van der Waals surface area (Å²) in [6, 6.07) is 0. The molecular formula is C15H21BrN4O4. The third-order valence-corrected chi connectivity index (χ3v) is 4.05. The predicted octanol–water partition coefficient (Wildman–Crippen LogP) is 2.08. The molecule has 1 aliphatic heterocycles. The number of hydrogen-bond donors (Lipinski definition) is 0. The molecule has 8 nitrogen and oxygen atoms in total. The highest BCUT2D eigenvalue weighted by atomic mass is 79.9. The average molecular weight is 401 g/mol. The minimum atomic E-state index is -0.541. The van der Waals surface area contributed by atoms with Gasteiger partial charge in [0.05, 0.1) is 19.9 Å². The summed E-state index contributed by atoms with van der Waals surface area (Å²) in [6.45, 7) is 4.59. The molecule has 2 heterocycles. The van der Waals surface area contributed by atoms with Crippen LogP contribution in [0.2, 0.25) is 0 Å². The molecule has 0 atom stereocenters. The second-order valence-electron chi connectivity index (χ2n) is 5.30. The van der Waals surface area contributed by atoms with E-state index in [2.05, 4.69) is 25.9 Å². The van der Waals surface area contributed by atoms with Crippen molar-refractivity contribution in [2.75, 3.05) is 44.8 Å². The predicted molar refractivity (Wildman–Crippen MR) is 91.1 cm³/mol. The number of carbonyl (C=O) groups is 2. The normalized spacial score (nSPS) is 14.5. The molecule has 1 aromatic rings. The van der Waals surface area contributed by atoms with Crippen LogP contribution >= 0.6 is 15.9 Å². The van der Waals surface area contributed by atoms with Crippen LogP contribution in [0.4, 0.5) is 10.6 Å². The molecule has 0 aliphatic carbocycles. The van der Waals surface area contributed by atoms with Crippen molar-refractivity contribution in [1.82, 2.24) is 14.9 Å². The number of piperazine rings is 1. The van der Waals surface area contributed by atoms with Gasteiger partial charge in [0.2, 0.25) is 0 Å². The number of rotatable bonds is 5. The van der Waals surface area contributed by atoms with Crippen LogP contribution in [-0.2, 0) is 9.47 Å². The van der Waals surface area contributed by atoms with Crippen molar-refractivity contribution < 1.29 is 19.1 Å². The highest BCUT2D eigenvalue weighted by Gasteiger charge is 2.27. The Kier molecular flexibility index (Phi) is 6.77. The topological polar surface area (TPSA) is 84.9 Å². The SMILES string of the molecule is CCCCOC(=O)N1CCN(c2ncc(Br)nc2C(=O)OC)CC1. The number of methoxy groups -OCH3 is 1. The van der Waals surface area contributed by atoms with Gasteiger partial charge in [-0.05, 0) is 22.4 Å². The molecule has 0 radical (unpaired) electrons. The molecule has 1 fully saturated rings. The van der Waals surface area contributed by atoms with Gasteiger partial charge >= 0.3 is 12.1 Å². The van der Waals surface area contributed by atoms with E-state index in [0.29, 0.717) is 43.2 Å². The summed E-state index contributed by atoms with van der Waals surface area (Å²) in [4.78, 5) is 35.9. The van der Waals surface area contributed by atoms with E-state index in [9.17, 15) is 9.59 Å². The van der Waals surface area contributed by atoms with Crippen LogP contribution in [0.15, 0.2) is 10.8 Å². The standard InChI is InChI=1S/C15H21BrN4O4/c1-3-4-9-24-15(22)20-7-5-19(6-8-20)13-12(14(21)23-2)18-11(16)10-17-13/h10H,3-9H2,1-2H3. The first kappa shape index (κ1) is 18.4. The smallest absolute Gasteiger partial charge is 0.409 e. The molecule has 24 heavy (non-hydrogen) atoms. The highest BCUT2D eigenvalue weighted by molar-refractivity contribution is 9.10. The van der Waals surface area contributed by atoms with Gasteiger partial charge in [0.1, 0.15) is 4.60 Å². The fraction of sp³-hybridized carbons (Fsp3) is 0.600. The molecule has 132 valence electrons. The molecule has 1 amide bonds. The molecule has 0 saturated carbocycles. The Morgan fingerprint density at radius 1 is 1.29 bits per heavy atom. The van der Waals surface area contributed by atoms with Gasteiger partial charge in [-0.1, -0.05) is 13.3 Å². The van der Waals surface area contributed by atoms with Gasteiger partial charge in [-0.15, -0.1) is 0 Å². The van der Waals surface area contributed by atoms with Crippen LogP contribution in [0.5, 0.6) is 0 Å². The number of hydrogen-bond acceptors (Lipinski definition) is 7. The van der Waals surface area contributed by atoms with Crippen molar-refractivity contribution in [3.8, 4) is 0 Å². The summed E-state index contributed by atoms with van der Waals surface area (Å²) >= 11 is 3.21. The number of nitrogens with zero attached hydrogens (tertiary/aromatic N) is 4. The van der Waals surface area contributed by atoms with Gasteiger partial charge in [-0.2, -0.15) is 0 Å². The van der Waals surface area contributed by atoms with Crippen molar-refractivity contribution in [3.05, 3.63) is 16.5 Å². The first-order valence-electron chi connectivity index (χ1n) is 7.84. The number of anilines is 1. The van der Waals surface area contributed by atoms with E-state index >= 15 is 0 Å². The number of unbranched alkanes of at least 4 members (excludes halogenated alkanes) is 1. The quantitative estimate of drug-likeness (QED) is 0.552. The molecule has 9 heteroatoms. The Morgan fingerprint density at radius 2 is 2.00 bits per heavy atom. The van der Waals surface area contributed by atoms with Crippen LogP contribution < -0.4 is 4.90 Å². The van der Waals surface area contributed by atoms with Crippen molar-refractivity contribution in [3.63, 3.8) is 0 Å². The summed E-state index contributed by atoms with van der Waals surface area (Å²) in [7, 11) is 1.30. The van der Waals surface area contributed by atoms with Gasteiger partial charge < -0.3 is 19.3 Å². The van der Waals surface area contributed by atoms with Gasteiger partial charge in [-0.25, -0.2) is 19.6 Å². The van der Waals surface area contributed by atoms with Gasteiger partial charge in [0, 0.05) is 26.2 Å². The summed E-state index contributed by atoms with van der Waals surface area (Å²) in [6.07, 6.45) is 3.09. The minimum absolute atomic E-state index is 0.158. The van der Waals surface area contributed by atoms with E-state index in [0.717, 1.165) is 12.8 Å². The zero-order chi connectivity index (χ0) is 17.5. The number of esters is 1. The lowest BCUT2D eigenvalue weighted by Gasteiger charge is -2.35. The van der Waals surface area contributed by atoms with Crippen molar-refractivity contribution in [2.24, 2.45) is 0 Å². The van der Waals surface area contributed by atoms with Crippen molar-refractivity contribution in [2.45, 2.75) is 19.8 Å². The molecular weight excluding hydrogens is 380 g/mol. The van der Waals surface area contributed by atoms with Crippen LogP contribution in [0, 0.1) is 0 Å². The number of amides is 1. The maximum absolute atomic E-state index is 12.0. The second-order valence-corrected chi connectivity index (χ2v) is 6.11. The Bertz CT molecular complexity index is 591. The summed E-state index contributed by atoms with van der Waals surface area (Å²) in [5.74, 6) is -0.0794. The lowest BCUT2D eigenvalue weighted by atomic mass is 10.3. The molecule has 0 spiro atoms. The third kappa shape index (κ3) is 4.56. The van der Waals surface area contributed by atoms with Gasteiger partial charge in [0.25, 0.3) is 0 Å². The molecule has 1 saturated heterocycles. The Hall–Kier alpha value is -1.90. The molecule has 2 rings (SSSR count). The van der Waals surface area contributed by atoms with Crippen molar-refractivity contribution in [1.29, 1.82) is 0 Å². The second kappa shape index (κ2) is 8.81. The summed E-state index contributed by atoms with van der Waals surface area (Å²) in [5, 5.41) is 0. The zero-order valence-electron chi connectivity index (χ0n) is 13.8. The maximum Gasteiger partial charge on any atom is 0.409 e. The monoisotopic (exact) mass is 400 g/mol. The fourth-order valence-corrected chi connectivity index (χ4v) is 2.60. The minimum Gasteiger partial charge on any atom is -0.464 e. The van der Waals surface area contributed by atoms with Crippen LogP contribution in [0.3, 0.4) is 0 Å². The first-order valence-corrected chi connectivity index (χ1v) is 8.63. The Morgan fingerprint density at radius 3 is 2.62 bits per heavy atom. The number of aromatic nitrogens is 2. The van der Waals surface area contributed by atoms with Crippen LogP contribution in [-0.4, -0.2) is 66.8 Å². The van der Waals surface area contributed by atoms with Crippen LogP contribution in [0.1, 0.15) is 30.3 Å². The van der Waals surface area contributed by atoms with Crippen molar-refractivity contribution >= 4 is 33.8 Å². The molecule has 1 aromatic heterocycles.